The van der Waals surface area contributed by atoms with Crippen LogP contribution >= 0.6 is 11.6 Å². The number of carbonyl (C=O) groups excluding carboxylic acids is 1. The van der Waals surface area contributed by atoms with E-state index < -0.39 is 18.1 Å². The molecule has 0 bridgehead atoms. The lowest BCUT2D eigenvalue weighted by Gasteiger charge is -2.21. The summed E-state index contributed by atoms with van der Waals surface area (Å²) in [6, 6.07) is 1.79. The van der Waals surface area contributed by atoms with Gasteiger partial charge in [0.1, 0.15) is 0 Å². The minimum Gasteiger partial charge on any atom is -0.475 e. The predicted molar refractivity (Wildman–Crippen MR) is 106 cm³/mol. The molecule has 0 unspecified atom stereocenters. The first-order chi connectivity index (χ1) is 13.9. The maximum Gasteiger partial charge on any atom is 0.490 e. The molecule has 164 valence electrons. The van der Waals surface area contributed by atoms with Gasteiger partial charge < -0.3 is 21.1 Å². The first-order valence-electron chi connectivity index (χ1n) is 8.52. The number of amides is 1. The first kappa shape index (κ1) is 24.9. The van der Waals surface area contributed by atoms with E-state index in [1.54, 1.807) is 18.5 Å². The third-order valence-corrected chi connectivity index (χ3v) is 3.92. The number of aryl methyl sites for hydroxylation is 1. The fourth-order valence-corrected chi connectivity index (χ4v) is 2.33. The fourth-order valence-electron chi connectivity index (χ4n) is 2.09. The normalized spacial score (nSPS) is 10.6. The van der Waals surface area contributed by atoms with E-state index in [4.69, 9.17) is 27.2 Å². The number of rotatable bonds is 5. The number of nitrogens with two attached hydrogens (primary N) is 1. The van der Waals surface area contributed by atoms with Crippen LogP contribution in [0.4, 0.5) is 30.5 Å². The Morgan fingerprint density at radius 2 is 1.83 bits per heavy atom. The van der Waals surface area contributed by atoms with E-state index in [-0.39, 0.29) is 16.7 Å². The number of carboxylic acids is 1. The Morgan fingerprint density at radius 1 is 1.27 bits per heavy atom. The van der Waals surface area contributed by atoms with E-state index >= 15 is 0 Å². The SMILES string of the molecule is CCN(CC)c1nc(N)c(C(=O)Nc2cnccc2C)nc1Cl.O=C(O)C(F)(F)F. The molecular weight excluding hydrogens is 429 g/mol. The Labute approximate surface area is 175 Å². The minimum atomic E-state index is -5.08. The molecular formula is C17H20ClF3N6O3. The maximum atomic E-state index is 12.4. The van der Waals surface area contributed by atoms with Gasteiger partial charge in [-0.2, -0.15) is 13.2 Å². The summed E-state index contributed by atoms with van der Waals surface area (Å²) >= 11 is 6.17. The molecule has 0 saturated carbocycles. The quantitative estimate of drug-likeness (QED) is 0.635. The number of halogens is 4. The third-order valence-electron chi connectivity index (χ3n) is 3.67. The highest BCUT2D eigenvalue weighted by molar-refractivity contribution is 6.32. The summed E-state index contributed by atoms with van der Waals surface area (Å²) in [4.78, 5) is 35.5. The van der Waals surface area contributed by atoms with Gasteiger partial charge in [0.05, 0.1) is 11.9 Å². The molecule has 9 nitrogen and oxygen atoms in total. The monoisotopic (exact) mass is 448 g/mol. The Balaban J connectivity index is 0.000000553. The number of carboxylic acid groups (broad SMARTS) is 1. The van der Waals surface area contributed by atoms with E-state index in [1.165, 1.54) is 0 Å². The van der Waals surface area contributed by atoms with Crippen molar-refractivity contribution in [3.63, 3.8) is 0 Å². The summed E-state index contributed by atoms with van der Waals surface area (Å²) in [6.45, 7) is 7.24. The topological polar surface area (TPSA) is 134 Å². The number of aromatic nitrogens is 3. The zero-order valence-electron chi connectivity index (χ0n) is 16.3. The van der Waals surface area contributed by atoms with Crippen LogP contribution in [0.25, 0.3) is 0 Å². The summed E-state index contributed by atoms with van der Waals surface area (Å²) < 4.78 is 31.7. The number of hydrogen-bond acceptors (Lipinski definition) is 7. The molecule has 0 aliphatic carbocycles. The van der Waals surface area contributed by atoms with Crippen LogP contribution in [0.2, 0.25) is 5.15 Å². The van der Waals surface area contributed by atoms with Crippen molar-refractivity contribution in [3.8, 4) is 0 Å². The van der Waals surface area contributed by atoms with E-state index in [0.717, 1.165) is 5.56 Å². The molecule has 1 amide bonds. The molecule has 30 heavy (non-hydrogen) atoms. The zero-order chi connectivity index (χ0) is 23.1. The molecule has 0 aromatic carbocycles. The van der Waals surface area contributed by atoms with E-state index in [9.17, 15) is 18.0 Å². The van der Waals surface area contributed by atoms with Crippen molar-refractivity contribution in [2.75, 3.05) is 29.0 Å². The van der Waals surface area contributed by atoms with Crippen molar-refractivity contribution >= 4 is 40.8 Å². The summed E-state index contributed by atoms with van der Waals surface area (Å²) in [7, 11) is 0. The number of carbonyl (C=O) groups is 2. The second-order valence-corrected chi connectivity index (χ2v) is 6.05. The highest BCUT2D eigenvalue weighted by Gasteiger charge is 2.38. The van der Waals surface area contributed by atoms with E-state index in [1.807, 2.05) is 25.7 Å². The lowest BCUT2D eigenvalue weighted by Crippen LogP contribution is -2.25. The largest absolute Gasteiger partial charge is 0.490 e. The first-order valence-corrected chi connectivity index (χ1v) is 8.90. The number of nitrogens with one attached hydrogen (secondary N) is 1. The van der Waals surface area contributed by atoms with Crippen molar-refractivity contribution in [3.05, 3.63) is 34.9 Å². The Kier molecular flexibility index (Phi) is 8.77. The van der Waals surface area contributed by atoms with Gasteiger partial charge in [-0.25, -0.2) is 14.8 Å². The number of hydrogen-bond donors (Lipinski definition) is 3. The Morgan fingerprint density at radius 3 is 2.30 bits per heavy atom. The van der Waals surface area contributed by atoms with Crippen LogP contribution in [0, 0.1) is 6.92 Å². The number of alkyl halides is 3. The summed E-state index contributed by atoms with van der Waals surface area (Å²) in [5.74, 6) is -2.72. The van der Waals surface area contributed by atoms with Gasteiger partial charge in [-0.3, -0.25) is 9.78 Å². The number of anilines is 3. The van der Waals surface area contributed by atoms with Gasteiger partial charge in [-0.1, -0.05) is 11.6 Å². The smallest absolute Gasteiger partial charge is 0.475 e. The van der Waals surface area contributed by atoms with E-state index in [2.05, 4.69) is 20.3 Å². The fraction of sp³-hybridized carbons (Fsp3) is 0.353. The molecule has 2 aromatic heterocycles. The van der Waals surface area contributed by atoms with Crippen LogP contribution in [0.3, 0.4) is 0 Å². The van der Waals surface area contributed by atoms with Crippen LogP contribution in [-0.4, -0.2) is 51.2 Å². The lowest BCUT2D eigenvalue weighted by atomic mass is 10.2. The summed E-state index contributed by atoms with van der Waals surface area (Å²) in [5.41, 5.74) is 7.36. The molecule has 0 radical (unpaired) electrons. The van der Waals surface area contributed by atoms with E-state index in [0.29, 0.717) is 24.6 Å². The van der Waals surface area contributed by atoms with Crippen molar-refractivity contribution < 1.29 is 27.9 Å². The van der Waals surface area contributed by atoms with Crippen LogP contribution in [0.1, 0.15) is 29.9 Å². The van der Waals surface area contributed by atoms with Crippen molar-refractivity contribution in [2.24, 2.45) is 0 Å². The van der Waals surface area contributed by atoms with Crippen LogP contribution in [-0.2, 0) is 4.79 Å². The highest BCUT2D eigenvalue weighted by atomic mass is 35.5. The van der Waals surface area contributed by atoms with Gasteiger partial charge in [0.2, 0.25) is 0 Å². The average Bonchev–Trinajstić information content (AvgIpc) is 2.66. The lowest BCUT2D eigenvalue weighted by molar-refractivity contribution is -0.192. The number of aliphatic carboxylic acids is 1. The van der Waals surface area contributed by atoms with Crippen molar-refractivity contribution in [2.45, 2.75) is 26.9 Å². The molecule has 0 fully saturated rings. The Bertz CT molecular complexity index is 907. The molecule has 0 saturated heterocycles. The van der Waals surface area contributed by atoms with Crippen molar-refractivity contribution in [1.82, 2.24) is 15.0 Å². The summed E-state index contributed by atoms with van der Waals surface area (Å²) in [5, 5.41) is 9.99. The van der Waals surface area contributed by atoms with Crippen LogP contribution < -0.4 is 16.0 Å². The molecule has 0 aliphatic rings. The zero-order valence-corrected chi connectivity index (χ0v) is 17.0. The minimum absolute atomic E-state index is 0.00541. The second-order valence-electron chi connectivity index (χ2n) is 5.69. The second kappa shape index (κ2) is 10.6. The van der Waals surface area contributed by atoms with Gasteiger partial charge in [0.25, 0.3) is 5.91 Å². The molecule has 0 spiro atoms. The number of nitrogens with zero attached hydrogens (tertiary/aromatic N) is 4. The van der Waals surface area contributed by atoms with Gasteiger partial charge >= 0.3 is 12.1 Å². The molecule has 0 atom stereocenters. The van der Waals surface area contributed by atoms with Crippen molar-refractivity contribution in [1.29, 1.82) is 0 Å². The number of nitrogen functional groups attached to an aromatic ring is 1. The summed E-state index contributed by atoms with van der Waals surface area (Å²) in [6.07, 6.45) is -1.88. The van der Waals surface area contributed by atoms with Gasteiger partial charge in [-0.05, 0) is 32.4 Å². The van der Waals surface area contributed by atoms with Gasteiger partial charge in [0.15, 0.2) is 22.5 Å². The molecule has 2 heterocycles. The number of pyridine rings is 1. The van der Waals surface area contributed by atoms with Crippen LogP contribution in [0.15, 0.2) is 18.5 Å². The third kappa shape index (κ3) is 6.72. The molecule has 2 rings (SSSR count). The van der Waals surface area contributed by atoms with Gasteiger partial charge in [-0.15, -0.1) is 0 Å². The maximum absolute atomic E-state index is 12.4. The standard InChI is InChI=1S/C15H19ClN6O.C2HF3O2/c1-4-22(5-2)14-12(16)20-11(13(17)21-14)15(23)19-10-8-18-7-6-9(10)3;3-2(4,5)1(6)7/h6-8H,4-5H2,1-3H3,(H2,17,21)(H,19,23);(H,6,7). The molecule has 2 aromatic rings. The highest BCUT2D eigenvalue weighted by Crippen LogP contribution is 2.25. The average molecular weight is 449 g/mol. The molecule has 13 heteroatoms. The molecule has 0 aliphatic heterocycles. The van der Waals surface area contributed by atoms with Crippen LogP contribution in [0.5, 0.6) is 0 Å². The molecule has 4 N–H and O–H groups in total. The Hall–Kier alpha value is -3.15. The van der Waals surface area contributed by atoms with Gasteiger partial charge in [0, 0.05) is 19.3 Å². The predicted octanol–water partition coefficient (Wildman–Crippen LogP) is 3.15.